The fourth-order valence-corrected chi connectivity index (χ4v) is 1.69. The first-order valence-electron chi connectivity index (χ1n) is 5.87. The Morgan fingerprint density at radius 3 is 2.56 bits per heavy atom. The van der Waals surface area contributed by atoms with Crippen LogP contribution in [0.25, 0.3) is 0 Å². The van der Waals surface area contributed by atoms with Gasteiger partial charge in [0.25, 0.3) is 5.91 Å². The number of carboxylic acids is 1. The molecule has 0 aromatic heterocycles. The lowest BCUT2D eigenvalue weighted by Crippen LogP contribution is -2.44. The largest absolute Gasteiger partial charge is 0.484 e. The molecule has 5 heteroatoms. The first-order chi connectivity index (χ1) is 8.66. The third-order valence-corrected chi connectivity index (χ3v) is 2.79. The Hall–Kier alpha value is -2.04. The number of carbonyl (C=O) groups excluding carboxylic acids is 1. The van der Waals surface area contributed by atoms with Gasteiger partial charge in [0.2, 0.25) is 0 Å². The normalized spacial score (nSPS) is 15.8. The molecule has 18 heavy (non-hydrogen) atoms. The van der Waals surface area contributed by atoms with Crippen molar-refractivity contribution in [1.29, 1.82) is 0 Å². The Morgan fingerprint density at radius 1 is 1.33 bits per heavy atom. The van der Waals surface area contributed by atoms with Gasteiger partial charge in [-0.3, -0.25) is 4.79 Å². The zero-order valence-corrected chi connectivity index (χ0v) is 9.83. The van der Waals surface area contributed by atoms with Crippen LogP contribution in [-0.2, 0) is 9.59 Å². The number of nitrogens with one attached hydrogen (secondary N) is 1. The first kappa shape index (κ1) is 12.4. The van der Waals surface area contributed by atoms with E-state index in [2.05, 4.69) is 5.32 Å². The molecule has 1 aromatic carbocycles. The number of carbonyl (C=O) groups is 2. The van der Waals surface area contributed by atoms with E-state index < -0.39 is 17.9 Å². The highest BCUT2D eigenvalue weighted by Crippen LogP contribution is 2.32. The number of hydrogen-bond acceptors (Lipinski definition) is 3. The Labute approximate surface area is 105 Å². The van der Waals surface area contributed by atoms with Crippen molar-refractivity contribution >= 4 is 11.9 Å². The second-order valence-corrected chi connectivity index (χ2v) is 4.32. The van der Waals surface area contributed by atoms with Gasteiger partial charge in [0.1, 0.15) is 11.8 Å². The molecule has 0 heterocycles. The summed E-state index contributed by atoms with van der Waals surface area (Å²) >= 11 is 0. The summed E-state index contributed by atoms with van der Waals surface area (Å²) in [5, 5.41) is 11.4. The summed E-state index contributed by atoms with van der Waals surface area (Å²) in [6, 6.07) is 8.15. The highest BCUT2D eigenvalue weighted by Gasteiger charge is 2.37. The van der Waals surface area contributed by atoms with Gasteiger partial charge in [-0.2, -0.15) is 0 Å². The molecule has 0 aliphatic heterocycles. The van der Waals surface area contributed by atoms with Crippen molar-refractivity contribution in [1.82, 2.24) is 5.32 Å². The highest BCUT2D eigenvalue weighted by molar-refractivity contribution is 5.84. The lowest BCUT2D eigenvalue weighted by molar-refractivity contribution is -0.142. The molecule has 1 amide bonds. The molecule has 5 nitrogen and oxygen atoms in total. The average Bonchev–Trinajstić information content (AvgIpc) is 3.18. The van der Waals surface area contributed by atoms with Gasteiger partial charge in [0, 0.05) is 0 Å². The van der Waals surface area contributed by atoms with E-state index in [1.54, 1.807) is 24.3 Å². The van der Waals surface area contributed by atoms with Gasteiger partial charge in [0.15, 0.2) is 6.61 Å². The number of ether oxygens (including phenoxy) is 1. The summed E-state index contributed by atoms with van der Waals surface area (Å²) in [5.41, 5.74) is 0. The molecule has 0 radical (unpaired) electrons. The topological polar surface area (TPSA) is 75.6 Å². The van der Waals surface area contributed by atoms with Crippen molar-refractivity contribution in [2.75, 3.05) is 6.61 Å². The monoisotopic (exact) mass is 249 g/mol. The summed E-state index contributed by atoms with van der Waals surface area (Å²) < 4.78 is 5.24. The van der Waals surface area contributed by atoms with Gasteiger partial charge in [-0.05, 0) is 30.9 Å². The van der Waals surface area contributed by atoms with Gasteiger partial charge >= 0.3 is 5.97 Å². The third-order valence-electron chi connectivity index (χ3n) is 2.79. The van der Waals surface area contributed by atoms with E-state index in [0.29, 0.717) is 5.75 Å². The molecule has 1 atom stereocenters. The van der Waals surface area contributed by atoms with Crippen molar-refractivity contribution in [2.45, 2.75) is 18.9 Å². The van der Waals surface area contributed by atoms with E-state index in [-0.39, 0.29) is 12.5 Å². The van der Waals surface area contributed by atoms with Crippen LogP contribution >= 0.6 is 0 Å². The van der Waals surface area contributed by atoms with E-state index in [9.17, 15) is 9.59 Å². The Kier molecular flexibility index (Phi) is 3.82. The SMILES string of the molecule is O=C(COc1ccccc1)NC(C(=O)O)C1CC1. The van der Waals surface area contributed by atoms with Gasteiger partial charge in [-0.1, -0.05) is 18.2 Å². The van der Waals surface area contributed by atoms with Crippen LogP contribution in [0.1, 0.15) is 12.8 Å². The molecule has 1 aliphatic rings. The van der Waals surface area contributed by atoms with Gasteiger partial charge < -0.3 is 15.2 Å². The van der Waals surface area contributed by atoms with Crippen LogP contribution in [0.4, 0.5) is 0 Å². The van der Waals surface area contributed by atoms with Crippen LogP contribution in [-0.4, -0.2) is 29.6 Å². The summed E-state index contributed by atoms with van der Waals surface area (Å²) in [6.45, 7) is -0.166. The summed E-state index contributed by atoms with van der Waals surface area (Å²) in [7, 11) is 0. The van der Waals surface area contributed by atoms with Crippen molar-refractivity contribution in [3.8, 4) is 5.75 Å². The predicted octanol–water partition coefficient (Wildman–Crippen LogP) is 1.04. The molecule has 1 unspecified atom stereocenters. The number of carboxylic acid groups (broad SMARTS) is 1. The molecule has 1 saturated carbocycles. The smallest absolute Gasteiger partial charge is 0.326 e. The summed E-state index contributed by atoms with van der Waals surface area (Å²) in [5.74, 6) is -0.724. The quantitative estimate of drug-likeness (QED) is 0.790. The van der Waals surface area contributed by atoms with Crippen LogP contribution in [0.2, 0.25) is 0 Å². The number of benzene rings is 1. The molecular weight excluding hydrogens is 234 g/mol. The predicted molar refractivity (Wildman–Crippen MR) is 64.2 cm³/mol. The molecule has 1 fully saturated rings. The van der Waals surface area contributed by atoms with Gasteiger partial charge in [0.05, 0.1) is 0 Å². The van der Waals surface area contributed by atoms with Crippen LogP contribution in [0.5, 0.6) is 5.75 Å². The van der Waals surface area contributed by atoms with Crippen molar-refractivity contribution in [3.05, 3.63) is 30.3 Å². The number of aliphatic carboxylic acids is 1. The van der Waals surface area contributed by atoms with Crippen LogP contribution in [0, 0.1) is 5.92 Å². The molecule has 1 aliphatic carbocycles. The van der Waals surface area contributed by atoms with Crippen LogP contribution in [0.15, 0.2) is 30.3 Å². The number of rotatable bonds is 6. The Bertz CT molecular complexity index is 428. The van der Waals surface area contributed by atoms with E-state index in [1.807, 2.05) is 6.07 Å². The maximum Gasteiger partial charge on any atom is 0.326 e. The van der Waals surface area contributed by atoms with Crippen LogP contribution in [0.3, 0.4) is 0 Å². The van der Waals surface area contributed by atoms with Crippen molar-refractivity contribution < 1.29 is 19.4 Å². The molecule has 1 aromatic rings. The standard InChI is InChI=1S/C13H15NO4/c15-11(8-18-10-4-2-1-3-5-10)14-12(13(16)17)9-6-7-9/h1-5,9,12H,6-8H2,(H,14,15)(H,16,17). The van der Waals surface area contributed by atoms with Crippen LogP contribution < -0.4 is 10.1 Å². The zero-order chi connectivity index (χ0) is 13.0. The summed E-state index contributed by atoms with van der Waals surface area (Å²) in [4.78, 5) is 22.5. The molecule has 96 valence electrons. The molecule has 0 spiro atoms. The average molecular weight is 249 g/mol. The van der Waals surface area contributed by atoms with E-state index in [1.165, 1.54) is 0 Å². The van der Waals surface area contributed by atoms with Gasteiger partial charge in [-0.15, -0.1) is 0 Å². The lowest BCUT2D eigenvalue weighted by atomic mass is 10.2. The molecule has 2 rings (SSSR count). The lowest BCUT2D eigenvalue weighted by Gasteiger charge is -2.13. The minimum atomic E-state index is -0.981. The summed E-state index contributed by atoms with van der Waals surface area (Å²) in [6.07, 6.45) is 1.72. The fourth-order valence-electron chi connectivity index (χ4n) is 1.69. The Balaban J connectivity index is 1.79. The van der Waals surface area contributed by atoms with Crippen molar-refractivity contribution in [2.24, 2.45) is 5.92 Å². The Morgan fingerprint density at radius 2 is 2.00 bits per heavy atom. The number of para-hydroxylation sites is 1. The second-order valence-electron chi connectivity index (χ2n) is 4.32. The third kappa shape index (κ3) is 3.48. The van der Waals surface area contributed by atoms with E-state index in [0.717, 1.165) is 12.8 Å². The molecule has 0 saturated heterocycles. The second kappa shape index (κ2) is 5.53. The maximum atomic E-state index is 11.6. The maximum absolute atomic E-state index is 11.6. The van der Waals surface area contributed by atoms with E-state index in [4.69, 9.17) is 9.84 Å². The number of amides is 1. The minimum absolute atomic E-state index is 0.0724. The number of hydrogen-bond donors (Lipinski definition) is 2. The molecule has 0 bridgehead atoms. The van der Waals surface area contributed by atoms with Crippen molar-refractivity contribution in [3.63, 3.8) is 0 Å². The molecule has 2 N–H and O–H groups in total. The van der Waals surface area contributed by atoms with Gasteiger partial charge in [-0.25, -0.2) is 4.79 Å². The fraction of sp³-hybridized carbons (Fsp3) is 0.385. The zero-order valence-electron chi connectivity index (χ0n) is 9.83. The molecular formula is C13H15NO4. The minimum Gasteiger partial charge on any atom is -0.484 e. The van der Waals surface area contributed by atoms with E-state index >= 15 is 0 Å². The highest BCUT2D eigenvalue weighted by atomic mass is 16.5. The first-order valence-corrected chi connectivity index (χ1v) is 5.87.